The molecule has 1 aromatic rings. The molecule has 1 aromatic heterocycles. The SMILES string of the molecule is CCC(O)CNC(=O)c1ccc(CN(CC)CC)o1. The van der Waals surface area contributed by atoms with E-state index < -0.39 is 6.10 Å². The lowest BCUT2D eigenvalue weighted by Crippen LogP contribution is -2.31. The maximum absolute atomic E-state index is 11.8. The minimum Gasteiger partial charge on any atom is -0.455 e. The lowest BCUT2D eigenvalue weighted by atomic mass is 10.3. The number of hydrogen-bond donors (Lipinski definition) is 2. The summed E-state index contributed by atoms with van der Waals surface area (Å²) >= 11 is 0. The third kappa shape index (κ3) is 5.04. The summed E-state index contributed by atoms with van der Waals surface area (Å²) < 4.78 is 5.51. The molecule has 19 heavy (non-hydrogen) atoms. The third-order valence-electron chi connectivity index (χ3n) is 3.13. The zero-order valence-corrected chi connectivity index (χ0v) is 12.0. The number of rotatable bonds is 8. The summed E-state index contributed by atoms with van der Waals surface area (Å²) in [5, 5.41) is 12.0. The highest BCUT2D eigenvalue weighted by Crippen LogP contribution is 2.10. The van der Waals surface area contributed by atoms with Gasteiger partial charge in [-0.05, 0) is 31.6 Å². The van der Waals surface area contributed by atoms with Crippen molar-refractivity contribution in [3.05, 3.63) is 23.7 Å². The second-order valence-electron chi connectivity index (χ2n) is 4.50. The average molecular weight is 268 g/mol. The molecule has 0 saturated carbocycles. The zero-order valence-electron chi connectivity index (χ0n) is 12.0. The van der Waals surface area contributed by atoms with Gasteiger partial charge in [0.15, 0.2) is 5.76 Å². The van der Waals surface area contributed by atoms with Gasteiger partial charge < -0.3 is 14.8 Å². The molecule has 1 unspecified atom stereocenters. The first-order chi connectivity index (χ1) is 9.10. The lowest BCUT2D eigenvalue weighted by molar-refractivity contribution is 0.0883. The molecule has 1 atom stereocenters. The van der Waals surface area contributed by atoms with Crippen molar-refractivity contribution in [1.29, 1.82) is 0 Å². The predicted octanol–water partition coefficient (Wildman–Crippen LogP) is 1.62. The van der Waals surface area contributed by atoms with Crippen LogP contribution >= 0.6 is 0 Å². The van der Waals surface area contributed by atoms with Crippen LogP contribution in [0.25, 0.3) is 0 Å². The van der Waals surface area contributed by atoms with Gasteiger partial charge in [0, 0.05) is 6.54 Å². The first kappa shape index (κ1) is 15.7. The van der Waals surface area contributed by atoms with E-state index in [2.05, 4.69) is 24.1 Å². The summed E-state index contributed by atoms with van der Waals surface area (Å²) in [6.45, 7) is 8.90. The van der Waals surface area contributed by atoms with E-state index in [0.29, 0.717) is 18.7 Å². The molecule has 5 nitrogen and oxygen atoms in total. The summed E-state index contributed by atoms with van der Waals surface area (Å²) in [4.78, 5) is 14.0. The van der Waals surface area contributed by atoms with Crippen molar-refractivity contribution in [3.8, 4) is 0 Å². The Kier molecular flexibility index (Phi) is 6.59. The first-order valence-electron chi connectivity index (χ1n) is 6.87. The van der Waals surface area contributed by atoms with E-state index in [1.165, 1.54) is 0 Å². The smallest absolute Gasteiger partial charge is 0.287 e. The predicted molar refractivity (Wildman–Crippen MR) is 74.0 cm³/mol. The van der Waals surface area contributed by atoms with E-state index in [-0.39, 0.29) is 12.5 Å². The molecule has 0 aliphatic carbocycles. The number of carbonyl (C=O) groups excluding carboxylic acids is 1. The normalized spacial score (nSPS) is 12.7. The fourth-order valence-electron chi connectivity index (χ4n) is 1.69. The molecule has 1 heterocycles. The molecular weight excluding hydrogens is 244 g/mol. The molecular formula is C14H24N2O3. The number of hydrogen-bond acceptors (Lipinski definition) is 4. The van der Waals surface area contributed by atoms with Crippen molar-refractivity contribution in [2.75, 3.05) is 19.6 Å². The largest absolute Gasteiger partial charge is 0.455 e. The van der Waals surface area contributed by atoms with E-state index in [1.54, 1.807) is 6.07 Å². The molecule has 0 aliphatic rings. The van der Waals surface area contributed by atoms with Crippen LogP contribution in [0.5, 0.6) is 0 Å². The number of amides is 1. The minimum atomic E-state index is -0.506. The fraction of sp³-hybridized carbons (Fsp3) is 0.643. The van der Waals surface area contributed by atoms with Gasteiger partial charge in [0.2, 0.25) is 0 Å². The van der Waals surface area contributed by atoms with E-state index in [0.717, 1.165) is 18.8 Å². The Bertz CT molecular complexity index is 386. The number of carbonyl (C=O) groups is 1. The van der Waals surface area contributed by atoms with Crippen LogP contribution in [0.4, 0.5) is 0 Å². The fourth-order valence-corrected chi connectivity index (χ4v) is 1.69. The average Bonchev–Trinajstić information content (AvgIpc) is 2.90. The van der Waals surface area contributed by atoms with Crippen molar-refractivity contribution in [2.45, 2.75) is 39.8 Å². The number of nitrogens with one attached hydrogen (secondary N) is 1. The molecule has 2 N–H and O–H groups in total. The second kappa shape index (κ2) is 7.96. The van der Waals surface area contributed by atoms with Crippen molar-refractivity contribution in [3.63, 3.8) is 0 Å². The lowest BCUT2D eigenvalue weighted by Gasteiger charge is -2.15. The van der Waals surface area contributed by atoms with Gasteiger partial charge >= 0.3 is 0 Å². The van der Waals surface area contributed by atoms with Crippen molar-refractivity contribution >= 4 is 5.91 Å². The molecule has 0 aromatic carbocycles. The molecule has 5 heteroatoms. The highest BCUT2D eigenvalue weighted by molar-refractivity contribution is 5.91. The Morgan fingerprint density at radius 1 is 1.37 bits per heavy atom. The van der Waals surface area contributed by atoms with Gasteiger partial charge in [-0.1, -0.05) is 20.8 Å². The van der Waals surface area contributed by atoms with Gasteiger partial charge in [-0.25, -0.2) is 0 Å². The van der Waals surface area contributed by atoms with Crippen molar-refractivity contribution in [1.82, 2.24) is 10.2 Å². The van der Waals surface area contributed by atoms with Crippen molar-refractivity contribution in [2.24, 2.45) is 0 Å². The highest BCUT2D eigenvalue weighted by Gasteiger charge is 2.13. The van der Waals surface area contributed by atoms with Crippen LogP contribution in [0, 0.1) is 0 Å². The van der Waals surface area contributed by atoms with Crippen LogP contribution in [-0.2, 0) is 6.54 Å². The Hall–Kier alpha value is -1.33. The molecule has 0 spiro atoms. The second-order valence-corrected chi connectivity index (χ2v) is 4.50. The van der Waals surface area contributed by atoms with Gasteiger partial charge in [0.1, 0.15) is 5.76 Å². The quantitative estimate of drug-likeness (QED) is 0.752. The highest BCUT2D eigenvalue weighted by atomic mass is 16.4. The summed E-state index contributed by atoms with van der Waals surface area (Å²) in [6.07, 6.45) is 0.111. The van der Waals surface area contributed by atoms with Gasteiger partial charge in [-0.3, -0.25) is 9.69 Å². The summed E-state index contributed by atoms with van der Waals surface area (Å²) in [6, 6.07) is 3.50. The van der Waals surface area contributed by atoms with E-state index in [1.807, 2.05) is 13.0 Å². The third-order valence-corrected chi connectivity index (χ3v) is 3.13. The molecule has 0 radical (unpaired) electrons. The van der Waals surface area contributed by atoms with Crippen LogP contribution in [-0.4, -0.2) is 41.7 Å². The monoisotopic (exact) mass is 268 g/mol. The molecule has 1 rings (SSSR count). The molecule has 0 aliphatic heterocycles. The van der Waals surface area contributed by atoms with Gasteiger partial charge in [0.25, 0.3) is 5.91 Å². The summed E-state index contributed by atoms with van der Waals surface area (Å²) in [5.74, 6) is 0.800. The van der Waals surface area contributed by atoms with Crippen molar-refractivity contribution < 1.29 is 14.3 Å². The maximum atomic E-state index is 11.8. The standard InChI is InChI=1S/C14H24N2O3/c1-4-11(17)9-15-14(18)13-8-7-12(19-13)10-16(5-2)6-3/h7-8,11,17H,4-6,9-10H2,1-3H3,(H,15,18). The van der Waals surface area contributed by atoms with E-state index in [9.17, 15) is 9.90 Å². The van der Waals surface area contributed by atoms with E-state index >= 15 is 0 Å². The maximum Gasteiger partial charge on any atom is 0.287 e. The number of furan rings is 1. The van der Waals surface area contributed by atoms with Crippen LogP contribution in [0.1, 0.15) is 43.5 Å². The zero-order chi connectivity index (χ0) is 14.3. The minimum absolute atomic E-state index is 0.251. The van der Waals surface area contributed by atoms with Gasteiger partial charge in [-0.2, -0.15) is 0 Å². The topological polar surface area (TPSA) is 65.7 Å². The molecule has 0 fully saturated rings. The Balaban J connectivity index is 2.51. The molecule has 0 saturated heterocycles. The molecule has 1 amide bonds. The number of aliphatic hydroxyl groups is 1. The Morgan fingerprint density at radius 2 is 2.05 bits per heavy atom. The molecule has 108 valence electrons. The number of nitrogens with zero attached hydrogens (tertiary/aromatic N) is 1. The summed E-state index contributed by atoms with van der Waals surface area (Å²) in [5.41, 5.74) is 0. The Morgan fingerprint density at radius 3 is 2.63 bits per heavy atom. The Labute approximate surface area is 114 Å². The van der Waals surface area contributed by atoms with Crippen LogP contribution in [0.15, 0.2) is 16.5 Å². The first-order valence-corrected chi connectivity index (χ1v) is 6.87. The van der Waals surface area contributed by atoms with Gasteiger partial charge in [0.05, 0.1) is 12.6 Å². The van der Waals surface area contributed by atoms with Gasteiger partial charge in [-0.15, -0.1) is 0 Å². The van der Waals surface area contributed by atoms with Crippen LogP contribution in [0.2, 0.25) is 0 Å². The number of aliphatic hydroxyl groups excluding tert-OH is 1. The van der Waals surface area contributed by atoms with E-state index in [4.69, 9.17) is 4.42 Å². The van der Waals surface area contributed by atoms with Crippen LogP contribution < -0.4 is 5.32 Å². The molecule has 0 bridgehead atoms. The van der Waals surface area contributed by atoms with Crippen LogP contribution in [0.3, 0.4) is 0 Å². The summed E-state index contributed by atoms with van der Waals surface area (Å²) in [7, 11) is 0.